The monoisotopic (exact) mass is 265 g/mol. The number of nitrogens with zero attached hydrogens (tertiary/aromatic N) is 1. The van der Waals surface area contributed by atoms with Gasteiger partial charge in [-0.05, 0) is 6.92 Å². The fourth-order valence-electron chi connectivity index (χ4n) is 0.777. The lowest BCUT2D eigenvalue weighted by molar-refractivity contribution is 0.577. The fourth-order valence-corrected chi connectivity index (χ4v) is 2.62. The van der Waals surface area contributed by atoms with Gasteiger partial charge in [0.1, 0.15) is 5.25 Å². The predicted octanol–water partition coefficient (Wildman–Crippen LogP) is 0.237. The van der Waals surface area contributed by atoms with Gasteiger partial charge < -0.3 is 5.73 Å². The van der Waals surface area contributed by atoms with E-state index in [4.69, 9.17) is 5.73 Å². The number of hydrogen-bond acceptors (Lipinski definition) is 5. The third kappa shape index (κ3) is 3.49. The molecule has 0 aliphatic carbocycles. The summed E-state index contributed by atoms with van der Waals surface area (Å²) in [6.07, 6.45) is 0. The molecule has 0 aromatic carbocycles. The van der Waals surface area contributed by atoms with Crippen molar-refractivity contribution in [2.24, 2.45) is 5.73 Å². The Morgan fingerprint density at radius 3 is 2.93 bits per heavy atom. The van der Waals surface area contributed by atoms with Crippen LogP contribution in [0.1, 0.15) is 12.6 Å². The summed E-state index contributed by atoms with van der Waals surface area (Å²) >= 11 is 6.03. The van der Waals surface area contributed by atoms with E-state index in [0.717, 1.165) is 0 Å². The fraction of sp³-hybridized carbons (Fsp3) is 0.429. The molecule has 0 radical (unpaired) electrons. The Balaban J connectivity index is 2.62. The number of sulfonamides is 1. The van der Waals surface area contributed by atoms with E-state index in [1.54, 1.807) is 10.9 Å². The van der Waals surface area contributed by atoms with Crippen molar-refractivity contribution < 1.29 is 8.42 Å². The van der Waals surface area contributed by atoms with Crippen LogP contribution in [0.25, 0.3) is 0 Å². The van der Waals surface area contributed by atoms with E-state index in [9.17, 15) is 8.42 Å². The van der Waals surface area contributed by atoms with Crippen molar-refractivity contribution in [3.63, 3.8) is 0 Å². The Morgan fingerprint density at radius 1 is 1.80 bits per heavy atom. The normalized spacial score (nSPS) is 13.7. The number of hydrogen-bond donors (Lipinski definition) is 2. The average molecular weight is 265 g/mol. The van der Waals surface area contributed by atoms with Crippen molar-refractivity contribution in [1.29, 1.82) is 0 Å². The van der Waals surface area contributed by atoms with Crippen LogP contribution in [0.15, 0.2) is 10.9 Å². The minimum absolute atomic E-state index is 0.0409. The van der Waals surface area contributed by atoms with Gasteiger partial charge >= 0.3 is 0 Å². The van der Waals surface area contributed by atoms with Crippen molar-refractivity contribution in [3.8, 4) is 0 Å². The summed E-state index contributed by atoms with van der Waals surface area (Å²) in [5, 5.41) is 0.902. The molecule has 5 nitrogen and oxygen atoms in total. The van der Waals surface area contributed by atoms with Gasteiger partial charge in [0, 0.05) is 5.38 Å². The molecule has 0 fully saturated rings. The van der Waals surface area contributed by atoms with Gasteiger partial charge in [-0.3, -0.25) is 0 Å². The molecular weight excluding hydrogens is 254 g/mol. The summed E-state index contributed by atoms with van der Waals surface area (Å²) in [5.41, 5.74) is 7.59. The van der Waals surface area contributed by atoms with E-state index in [2.05, 4.69) is 21.9 Å². The Bertz CT molecular complexity index is 426. The number of aromatic nitrogens is 1. The second-order valence-corrected chi connectivity index (χ2v) is 6.17. The Labute approximate surface area is 97.8 Å². The molecule has 0 spiro atoms. The van der Waals surface area contributed by atoms with Gasteiger partial charge in [0.2, 0.25) is 10.0 Å². The highest BCUT2D eigenvalue weighted by molar-refractivity contribution is 7.93. The van der Waals surface area contributed by atoms with Crippen LogP contribution >= 0.6 is 23.6 Å². The molecule has 1 aromatic heterocycles. The summed E-state index contributed by atoms with van der Waals surface area (Å²) < 4.78 is 25.5. The molecule has 0 saturated carbocycles. The molecule has 1 heterocycles. The Hall–Kier alpha value is -0.570. The first-order valence-electron chi connectivity index (χ1n) is 4.08. The van der Waals surface area contributed by atoms with Crippen LogP contribution in [0, 0.1) is 0 Å². The average Bonchev–Trinajstić information content (AvgIpc) is 2.66. The molecule has 1 atom stereocenters. The summed E-state index contributed by atoms with van der Waals surface area (Å²) in [7, 11) is -3.49. The largest absolute Gasteiger partial charge is 0.392 e. The third-order valence-electron chi connectivity index (χ3n) is 1.80. The van der Waals surface area contributed by atoms with Crippen molar-refractivity contribution in [1.82, 2.24) is 9.71 Å². The molecule has 3 N–H and O–H groups in total. The molecule has 8 heteroatoms. The third-order valence-corrected chi connectivity index (χ3v) is 4.67. The van der Waals surface area contributed by atoms with Gasteiger partial charge in [-0.1, -0.05) is 12.2 Å². The first-order valence-corrected chi connectivity index (χ1v) is 6.98. The van der Waals surface area contributed by atoms with Crippen LogP contribution in [0.2, 0.25) is 0 Å². The standard InChI is InChI=1S/C7H11N3O2S3/c1-5(7(8)13)15(11,12)10-2-6-3-14-4-9-6/h3-5,10H,2H2,1H3,(H2,8,13). The number of nitrogens with one attached hydrogen (secondary N) is 1. The highest BCUT2D eigenvalue weighted by Gasteiger charge is 2.22. The number of thiocarbonyl (C=S) groups is 1. The van der Waals surface area contributed by atoms with E-state index in [0.29, 0.717) is 5.69 Å². The maximum absolute atomic E-state index is 11.6. The van der Waals surface area contributed by atoms with E-state index in [1.165, 1.54) is 18.3 Å². The van der Waals surface area contributed by atoms with Crippen molar-refractivity contribution in [2.75, 3.05) is 0 Å². The Kier molecular flexibility index (Phi) is 4.14. The van der Waals surface area contributed by atoms with E-state index < -0.39 is 15.3 Å². The van der Waals surface area contributed by atoms with Gasteiger partial charge in [-0.2, -0.15) is 0 Å². The first-order chi connectivity index (χ1) is 6.93. The second-order valence-electron chi connectivity index (χ2n) is 2.89. The van der Waals surface area contributed by atoms with Gasteiger partial charge in [0.25, 0.3) is 0 Å². The SMILES string of the molecule is CC(C(N)=S)S(=O)(=O)NCc1cscn1. The van der Waals surface area contributed by atoms with Crippen LogP contribution in [0.4, 0.5) is 0 Å². The van der Waals surface area contributed by atoms with Crippen LogP contribution < -0.4 is 10.5 Å². The molecule has 0 amide bonds. The Morgan fingerprint density at radius 2 is 2.47 bits per heavy atom. The van der Waals surface area contributed by atoms with Gasteiger partial charge in [-0.15, -0.1) is 11.3 Å². The lowest BCUT2D eigenvalue weighted by Crippen LogP contribution is -2.39. The zero-order valence-corrected chi connectivity index (χ0v) is 10.5. The van der Waals surface area contributed by atoms with Gasteiger partial charge in [-0.25, -0.2) is 18.1 Å². The molecule has 1 aromatic rings. The summed E-state index contributed by atoms with van der Waals surface area (Å²) in [6.45, 7) is 1.62. The minimum atomic E-state index is -3.49. The summed E-state index contributed by atoms with van der Waals surface area (Å²) in [6, 6.07) is 0. The molecule has 1 unspecified atom stereocenters. The first kappa shape index (κ1) is 12.5. The minimum Gasteiger partial charge on any atom is -0.392 e. The second kappa shape index (κ2) is 4.97. The highest BCUT2D eigenvalue weighted by atomic mass is 32.2. The molecular formula is C7H11N3O2S3. The maximum Gasteiger partial charge on any atom is 0.221 e. The molecule has 0 aliphatic heterocycles. The zero-order chi connectivity index (χ0) is 11.5. The van der Waals surface area contributed by atoms with E-state index in [-0.39, 0.29) is 11.5 Å². The van der Waals surface area contributed by atoms with Crippen LogP contribution in [0.3, 0.4) is 0 Å². The van der Waals surface area contributed by atoms with E-state index >= 15 is 0 Å². The molecule has 0 bridgehead atoms. The number of nitrogens with two attached hydrogens (primary N) is 1. The lowest BCUT2D eigenvalue weighted by atomic mass is 10.5. The van der Waals surface area contributed by atoms with Crippen LogP contribution in [-0.2, 0) is 16.6 Å². The molecule has 1 rings (SSSR count). The smallest absolute Gasteiger partial charge is 0.221 e. The van der Waals surface area contributed by atoms with Crippen molar-refractivity contribution >= 4 is 38.6 Å². The lowest BCUT2D eigenvalue weighted by Gasteiger charge is -2.11. The quantitative estimate of drug-likeness (QED) is 0.745. The zero-order valence-electron chi connectivity index (χ0n) is 8.00. The molecule has 15 heavy (non-hydrogen) atoms. The summed E-state index contributed by atoms with van der Waals surface area (Å²) in [4.78, 5) is 3.91. The number of rotatable bonds is 5. The molecule has 0 saturated heterocycles. The van der Waals surface area contributed by atoms with E-state index in [1.807, 2.05) is 0 Å². The highest BCUT2D eigenvalue weighted by Crippen LogP contribution is 2.03. The molecule has 0 aliphatic rings. The van der Waals surface area contributed by atoms with Crippen LogP contribution in [0.5, 0.6) is 0 Å². The summed E-state index contributed by atoms with van der Waals surface area (Å²) in [5.74, 6) is 0. The van der Waals surface area contributed by atoms with Gasteiger partial charge in [0.15, 0.2) is 0 Å². The number of thiazole rings is 1. The van der Waals surface area contributed by atoms with Crippen LogP contribution in [-0.4, -0.2) is 23.6 Å². The van der Waals surface area contributed by atoms with Gasteiger partial charge in [0.05, 0.1) is 22.7 Å². The topological polar surface area (TPSA) is 85.1 Å². The molecule has 84 valence electrons. The maximum atomic E-state index is 11.6. The van der Waals surface area contributed by atoms with Crippen molar-refractivity contribution in [3.05, 3.63) is 16.6 Å². The van der Waals surface area contributed by atoms with Crippen molar-refractivity contribution in [2.45, 2.75) is 18.7 Å². The predicted molar refractivity (Wildman–Crippen MR) is 64.1 cm³/mol.